The fraction of sp³-hybridized carbons (Fsp3) is 0.103. The molecule has 3 rings (SSSR count). The lowest BCUT2D eigenvalue weighted by Gasteiger charge is -2.17. The Morgan fingerprint density at radius 3 is 2.59 bits per heavy atom. The molecule has 0 saturated heterocycles. The van der Waals surface area contributed by atoms with Gasteiger partial charge in [0.05, 0.1) is 5.69 Å². The van der Waals surface area contributed by atoms with Crippen molar-refractivity contribution in [1.82, 2.24) is 10.3 Å². The summed E-state index contributed by atoms with van der Waals surface area (Å²) >= 11 is 0. The van der Waals surface area contributed by atoms with Gasteiger partial charge in [-0.1, -0.05) is 49.6 Å². The number of phenolic OH excluding ortho intramolecular Hbond substituents is 1. The van der Waals surface area contributed by atoms with E-state index in [9.17, 15) is 5.11 Å². The maximum absolute atomic E-state index is 9.75. The van der Waals surface area contributed by atoms with E-state index in [-0.39, 0.29) is 5.75 Å². The van der Waals surface area contributed by atoms with E-state index in [1.165, 1.54) is 6.20 Å². The average Bonchev–Trinajstić information content (AvgIpc) is 2.83. The lowest BCUT2D eigenvalue weighted by Crippen LogP contribution is -2.14. The third-order valence-corrected chi connectivity index (χ3v) is 5.19. The zero-order valence-corrected chi connectivity index (χ0v) is 19.6. The lowest BCUT2D eigenvalue weighted by atomic mass is 9.96. The molecule has 34 heavy (non-hydrogen) atoms. The first kappa shape index (κ1) is 24.3. The van der Waals surface area contributed by atoms with Crippen LogP contribution in [0.2, 0.25) is 0 Å². The molecule has 1 heterocycles. The lowest BCUT2D eigenvalue weighted by molar-refractivity contribution is 0.475. The van der Waals surface area contributed by atoms with Crippen LogP contribution in [0, 0.1) is 6.92 Å². The van der Waals surface area contributed by atoms with Gasteiger partial charge in [-0.3, -0.25) is 9.98 Å². The SMILES string of the molecule is C=C(/C=C\C=C/N)CNC(=C)c1c(/N=C(\C)c2cncc(C)c2)cccc1-c1ccc(O)cc1. The van der Waals surface area contributed by atoms with E-state index in [1.54, 1.807) is 18.2 Å². The van der Waals surface area contributed by atoms with Crippen LogP contribution < -0.4 is 11.1 Å². The van der Waals surface area contributed by atoms with Gasteiger partial charge in [0, 0.05) is 41.5 Å². The van der Waals surface area contributed by atoms with Crippen molar-refractivity contribution < 1.29 is 5.11 Å². The smallest absolute Gasteiger partial charge is 0.115 e. The molecule has 0 bridgehead atoms. The quantitative estimate of drug-likeness (QED) is 0.274. The first-order chi connectivity index (χ1) is 16.4. The van der Waals surface area contributed by atoms with Crippen LogP contribution in [0.4, 0.5) is 5.69 Å². The van der Waals surface area contributed by atoms with Crippen molar-refractivity contribution in [2.75, 3.05) is 6.54 Å². The highest BCUT2D eigenvalue weighted by Gasteiger charge is 2.14. The molecular weight excluding hydrogens is 420 g/mol. The largest absolute Gasteiger partial charge is 0.508 e. The molecular formula is C29H30N4O. The van der Waals surface area contributed by atoms with Crippen LogP contribution in [-0.2, 0) is 0 Å². The van der Waals surface area contributed by atoms with Crippen LogP contribution in [0.25, 0.3) is 16.8 Å². The molecule has 0 aliphatic carbocycles. The number of nitrogens with one attached hydrogen (secondary N) is 1. The van der Waals surface area contributed by atoms with Crippen LogP contribution >= 0.6 is 0 Å². The van der Waals surface area contributed by atoms with Crippen molar-refractivity contribution in [3.05, 3.63) is 121 Å². The molecule has 0 spiro atoms. The molecule has 0 fully saturated rings. The predicted molar refractivity (Wildman–Crippen MR) is 143 cm³/mol. The van der Waals surface area contributed by atoms with Gasteiger partial charge in [0.2, 0.25) is 0 Å². The molecule has 3 aromatic rings. The van der Waals surface area contributed by atoms with Gasteiger partial charge in [0.1, 0.15) is 5.75 Å². The normalized spacial score (nSPS) is 11.8. The van der Waals surface area contributed by atoms with Crippen molar-refractivity contribution in [2.45, 2.75) is 13.8 Å². The van der Waals surface area contributed by atoms with E-state index in [0.29, 0.717) is 6.54 Å². The summed E-state index contributed by atoms with van der Waals surface area (Å²) in [5.41, 5.74) is 13.5. The first-order valence-corrected chi connectivity index (χ1v) is 10.9. The monoisotopic (exact) mass is 450 g/mol. The second-order valence-electron chi connectivity index (χ2n) is 7.93. The number of benzene rings is 2. The number of allylic oxidation sites excluding steroid dienone is 2. The van der Waals surface area contributed by atoms with Crippen LogP contribution in [0.5, 0.6) is 5.75 Å². The van der Waals surface area contributed by atoms with Gasteiger partial charge in [-0.05, 0) is 72.7 Å². The summed E-state index contributed by atoms with van der Waals surface area (Å²) in [5.74, 6) is 0.217. The summed E-state index contributed by atoms with van der Waals surface area (Å²) in [6.07, 6.45) is 10.6. The molecule has 0 unspecified atom stereocenters. The number of nitrogens with zero attached hydrogens (tertiary/aromatic N) is 2. The number of aryl methyl sites for hydroxylation is 1. The Morgan fingerprint density at radius 2 is 1.88 bits per heavy atom. The third-order valence-electron chi connectivity index (χ3n) is 5.19. The number of hydrogen-bond acceptors (Lipinski definition) is 5. The minimum atomic E-state index is 0.217. The maximum Gasteiger partial charge on any atom is 0.115 e. The molecule has 4 N–H and O–H groups in total. The first-order valence-electron chi connectivity index (χ1n) is 10.9. The summed E-state index contributed by atoms with van der Waals surface area (Å²) in [5, 5.41) is 13.1. The minimum Gasteiger partial charge on any atom is -0.508 e. The second-order valence-corrected chi connectivity index (χ2v) is 7.93. The second kappa shape index (κ2) is 11.5. The highest BCUT2D eigenvalue weighted by Crippen LogP contribution is 2.36. The maximum atomic E-state index is 9.75. The zero-order valence-electron chi connectivity index (χ0n) is 19.6. The Hall–Kier alpha value is -4.38. The Morgan fingerprint density at radius 1 is 1.12 bits per heavy atom. The summed E-state index contributed by atoms with van der Waals surface area (Å²) in [6.45, 7) is 12.9. The van der Waals surface area contributed by atoms with E-state index >= 15 is 0 Å². The Balaban J connectivity index is 2.03. The van der Waals surface area contributed by atoms with Gasteiger partial charge in [-0.2, -0.15) is 0 Å². The molecule has 2 aromatic carbocycles. The van der Waals surface area contributed by atoms with Gasteiger partial charge < -0.3 is 16.2 Å². The van der Waals surface area contributed by atoms with E-state index in [1.807, 2.05) is 68.7 Å². The summed E-state index contributed by atoms with van der Waals surface area (Å²) in [4.78, 5) is 9.24. The third kappa shape index (κ3) is 6.33. The van der Waals surface area contributed by atoms with Gasteiger partial charge in [0.15, 0.2) is 0 Å². The fourth-order valence-electron chi connectivity index (χ4n) is 3.45. The Kier molecular flexibility index (Phi) is 8.19. The molecule has 0 amide bonds. The summed E-state index contributed by atoms with van der Waals surface area (Å²) in [7, 11) is 0. The predicted octanol–water partition coefficient (Wildman–Crippen LogP) is 6.05. The topological polar surface area (TPSA) is 83.5 Å². The fourth-order valence-corrected chi connectivity index (χ4v) is 3.45. The Labute approximate surface area is 201 Å². The number of aromatic nitrogens is 1. The number of phenols is 1. The number of nitrogens with two attached hydrogens (primary N) is 1. The highest BCUT2D eigenvalue weighted by atomic mass is 16.3. The molecule has 0 aliphatic rings. The van der Waals surface area contributed by atoms with Gasteiger partial charge >= 0.3 is 0 Å². The average molecular weight is 451 g/mol. The molecule has 172 valence electrons. The van der Waals surface area contributed by atoms with Crippen LogP contribution in [-0.4, -0.2) is 22.3 Å². The molecule has 5 heteroatoms. The van der Waals surface area contributed by atoms with Crippen LogP contribution in [0.15, 0.2) is 109 Å². The van der Waals surface area contributed by atoms with Gasteiger partial charge in [-0.15, -0.1) is 0 Å². The van der Waals surface area contributed by atoms with Gasteiger partial charge in [0.25, 0.3) is 0 Å². The highest BCUT2D eigenvalue weighted by molar-refractivity contribution is 6.01. The molecule has 5 nitrogen and oxygen atoms in total. The molecule has 0 atom stereocenters. The summed E-state index contributed by atoms with van der Waals surface area (Å²) < 4.78 is 0. The van der Waals surface area contributed by atoms with Crippen LogP contribution in [0.1, 0.15) is 23.6 Å². The van der Waals surface area contributed by atoms with Crippen molar-refractivity contribution in [2.24, 2.45) is 10.7 Å². The van der Waals surface area contributed by atoms with E-state index in [4.69, 9.17) is 10.7 Å². The van der Waals surface area contributed by atoms with E-state index < -0.39 is 0 Å². The number of hydrogen-bond donors (Lipinski definition) is 3. The Bertz CT molecular complexity index is 1270. The standard InChI is InChI=1S/C29H30N4O/c1-20(8-5-6-15-30)18-32-23(4)29-27(24-11-13-26(34)14-12-24)9-7-10-28(29)33-22(3)25-16-21(2)17-31-19-25/h5-17,19,32,34H,1,4,18,30H2,2-3H3/b8-5-,15-6-,33-22+. The van der Waals surface area contributed by atoms with Gasteiger partial charge in [-0.25, -0.2) is 0 Å². The van der Waals surface area contributed by atoms with Crippen molar-refractivity contribution in [3.8, 4) is 16.9 Å². The zero-order chi connectivity index (χ0) is 24.5. The summed E-state index contributed by atoms with van der Waals surface area (Å²) in [6, 6.07) is 15.1. The number of aromatic hydroxyl groups is 1. The molecule has 1 aromatic heterocycles. The molecule has 0 saturated carbocycles. The van der Waals surface area contributed by atoms with E-state index in [2.05, 4.69) is 29.5 Å². The van der Waals surface area contributed by atoms with E-state index in [0.717, 1.165) is 50.5 Å². The number of aliphatic imine (C=N–C) groups is 1. The number of pyridine rings is 1. The van der Waals surface area contributed by atoms with Crippen molar-refractivity contribution in [1.29, 1.82) is 0 Å². The molecule has 0 aliphatic heterocycles. The van der Waals surface area contributed by atoms with Crippen molar-refractivity contribution >= 4 is 17.1 Å². The number of rotatable bonds is 9. The minimum absolute atomic E-state index is 0.217. The van der Waals surface area contributed by atoms with Crippen LogP contribution in [0.3, 0.4) is 0 Å². The molecule has 0 radical (unpaired) electrons. The van der Waals surface area contributed by atoms with Crippen molar-refractivity contribution in [3.63, 3.8) is 0 Å².